The molecule has 2 aromatic rings. The van der Waals surface area contributed by atoms with Crippen molar-refractivity contribution >= 4 is 23.2 Å². The van der Waals surface area contributed by atoms with Gasteiger partial charge in [-0.15, -0.1) is 0 Å². The molecule has 2 N–H and O–H groups in total. The molecule has 0 aromatic heterocycles. The van der Waals surface area contributed by atoms with Gasteiger partial charge < -0.3 is 15.5 Å². The van der Waals surface area contributed by atoms with Gasteiger partial charge in [-0.1, -0.05) is 31.2 Å². The van der Waals surface area contributed by atoms with Crippen molar-refractivity contribution in [1.29, 1.82) is 0 Å². The number of para-hydroxylation sites is 1. The second-order valence-electron chi connectivity index (χ2n) is 9.02. The van der Waals surface area contributed by atoms with Gasteiger partial charge >= 0.3 is 0 Å². The number of carbonyl (C=O) groups is 2. The molecule has 2 fully saturated rings. The van der Waals surface area contributed by atoms with E-state index in [1.165, 1.54) is 5.69 Å². The molecule has 0 spiro atoms. The number of rotatable bonds is 9. The SMILES string of the molecule is C[C@@H]1C[C@H]1C(=O)Nc1cccc(C(=O)NCCCCN2CCN(c3ccccc3)CC2)c1. The summed E-state index contributed by atoms with van der Waals surface area (Å²) >= 11 is 0. The van der Waals surface area contributed by atoms with E-state index >= 15 is 0 Å². The number of hydrogen-bond acceptors (Lipinski definition) is 4. The number of carbonyl (C=O) groups excluding carboxylic acids is 2. The van der Waals surface area contributed by atoms with Crippen molar-refractivity contribution in [3.8, 4) is 0 Å². The minimum atomic E-state index is -0.0858. The monoisotopic (exact) mass is 434 g/mol. The quantitative estimate of drug-likeness (QED) is 0.592. The van der Waals surface area contributed by atoms with Gasteiger partial charge in [-0.2, -0.15) is 0 Å². The molecule has 2 atom stereocenters. The van der Waals surface area contributed by atoms with Crippen molar-refractivity contribution in [1.82, 2.24) is 10.2 Å². The molecule has 32 heavy (non-hydrogen) atoms. The second-order valence-corrected chi connectivity index (χ2v) is 9.02. The van der Waals surface area contributed by atoms with Crippen LogP contribution in [0, 0.1) is 11.8 Å². The van der Waals surface area contributed by atoms with Gasteiger partial charge in [0.05, 0.1) is 0 Å². The normalized spacial score (nSPS) is 20.6. The third-order valence-electron chi connectivity index (χ3n) is 6.52. The van der Waals surface area contributed by atoms with E-state index in [0.29, 0.717) is 23.7 Å². The standard InChI is InChI=1S/C26H34N4O2/c1-20-18-24(20)26(32)28-22-9-7-8-21(19-22)25(31)27-12-5-6-13-29-14-16-30(17-15-29)23-10-3-2-4-11-23/h2-4,7-11,19-20,24H,5-6,12-18H2,1H3,(H,27,31)(H,28,32)/t20-,24-/m1/s1. The van der Waals surface area contributed by atoms with E-state index < -0.39 is 0 Å². The van der Waals surface area contributed by atoms with Crippen molar-refractivity contribution < 1.29 is 9.59 Å². The predicted molar refractivity (Wildman–Crippen MR) is 129 cm³/mol. The first kappa shape index (κ1) is 22.3. The third kappa shape index (κ3) is 6.10. The summed E-state index contributed by atoms with van der Waals surface area (Å²) in [4.78, 5) is 29.5. The lowest BCUT2D eigenvalue weighted by atomic mass is 10.1. The average molecular weight is 435 g/mol. The van der Waals surface area contributed by atoms with Crippen LogP contribution in [-0.4, -0.2) is 56.0 Å². The van der Waals surface area contributed by atoms with Crippen LogP contribution < -0.4 is 15.5 Å². The van der Waals surface area contributed by atoms with E-state index in [2.05, 4.69) is 57.7 Å². The highest BCUT2D eigenvalue weighted by molar-refractivity contribution is 5.98. The summed E-state index contributed by atoms with van der Waals surface area (Å²) in [5, 5.41) is 5.94. The Morgan fingerprint density at radius 2 is 1.72 bits per heavy atom. The predicted octanol–water partition coefficient (Wildman–Crippen LogP) is 3.61. The number of nitrogens with zero attached hydrogens (tertiary/aromatic N) is 2. The van der Waals surface area contributed by atoms with Gasteiger partial charge in [0.2, 0.25) is 5.91 Å². The number of amides is 2. The molecular formula is C26H34N4O2. The molecule has 2 aliphatic rings. The Hall–Kier alpha value is -2.86. The van der Waals surface area contributed by atoms with Crippen LogP contribution in [-0.2, 0) is 4.79 Å². The topological polar surface area (TPSA) is 64.7 Å². The lowest BCUT2D eigenvalue weighted by molar-refractivity contribution is -0.117. The highest BCUT2D eigenvalue weighted by Gasteiger charge is 2.39. The maximum Gasteiger partial charge on any atom is 0.251 e. The number of nitrogens with one attached hydrogen (secondary N) is 2. The molecule has 4 rings (SSSR count). The molecule has 1 heterocycles. The zero-order chi connectivity index (χ0) is 22.3. The summed E-state index contributed by atoms with van der Waals surface area (Å²) in [5.41, 5.74) is 2.58. The molecule has 6 nitrogen and oxygen atoms in total. The van der Waals surface area contributed by atoms with Gasteiger partial charge in [0.25, 0.3) is 5.91 Å². The summed E-state index contributed by atoms with van der Waals surface area (Å²) in [6.45, 7) is 8.11. The number of anilines is 2. The zero-order valence-corrected chi connectivity index (χ0v) is 18.9. The minimum Gasteiger partial charge on any atom is -0.369 e. The van der Waals surface area contributed by atoms with Gasteiger partial charge in [-0.05, 0) is 62.1 Å². The van der Waals surface area contributed by atoms with E-state index in [1.54, 1.807) is 12.1 Å². The smallest absolute Gasteiger partial charge is 0.251 e. The van der Waals surface area contributed by atoms with E-state index in [4.69, 9.17) is 0 Å². The summed E-state index contributed by atoms with van der Waals surface area (Å²) < 4.78 is 0. The molecule has 1 saturated heterocycles. The lowest BCUT2D eigenvalue weighted by Gasteiger charge is -2.36. The number of piperazine rings is 1. The summed E-state index contributed by atoms with van der Waals surface area (Å²) in [6.07, 6.45) is 2.98. The van der Waals surface area contributed by atoms with Gasteiger partial charge in [0.1, 0.15) is 0 Å². The van der Waals surface area contributed by atoms with Gasteiger partial charge in [0.15, 0.2) is 0 Å². The van der Waals surface area contributed by atoms with E-state index in [-0.39, 0.29) is 17.7 Å². The zero-order valence-electron chi connectivity index (χ0n) is 18.9. The van der Waals surface area contributed by atoms with Crippen molar-refractivity contribution in [2.75, 3.05) is 49.5 Å². The molecule has 1 saturated carbocycles. The maximum absolute atomic E-state index is 12.5. The molecule has 1 aliphatic carbocycles. The van der Waals surface area contributed by atoms with Crippen LogP contribution in [0.1, 0.15) is 36.5 Å². The van der Waals surface area contributed by atoms with Crippen LogP contribution in [0.5, 0.6) is 0 Å². The van der Waals surface area contributed by atoms with Gasteiger partial charge in [0, 0.05) is 55.6 Å². The van der Waals surface area contributed by atoms with Crippen molar-refractivity contribution in [2.45, 2.75) is 26.2 Å². The fourth-order valence-corrected chi connectivity index (χ4v) is 4.29. The Kier molecular flexibility index (Phi) is 7.43. The van der Waals surface area contributed by atoms with Crippen molar-refractivity contribution in [2.24, 2.45) is 11.8 Å². The van der Waals surface area contributed by atoms with Crippen LogP contribution >= 0.6 is 0 Å². The van der Waals surface area contributed by atoms with Crippen LogP contribution in [0.15, 0.2) is 54.6 Å². The summed E-state index contributed by atoms with van der Waals surface area (Å²) in [7, 11) is 0. The number of unbranched alkanes of at least 4 members (excludes halogenated alkanes) is 1. The largest absolute Gasteiger partial charge is 0.369 e. The lowest BCUT2D eigenvalue weighted by Crippen LogP contribution is -2.46. The first-order valence-corrected chi connectivity index (χ1v) is 11.8. The van der Waals surface area contributed by atoms with Crippen LogP contribution in [0.25, 0.3) is 0 Å². The average Bonchev–Trinajstić information content (AvgIpc) is 3.56. The second kappa shape index (κ2) is 10.6. The van der Waals surface area contributed by atoms with Crippen LogP contribution in [0.4, 0.5) is 11.4 Å². The molecule has 2 amide bonds. The van der Waals surface area contributed by atoms with Crippen LogP contribution in [0.2, 0.25) is 0 Å². The van der Waals surface area contributed by atoms with Crippen molar-refractivity contribution in [3.05, 3.63) is 60.2 Å². The Bertz CT molecular complexity index is 909. The maximum atomic E-state index is 12.5. The first-order chi connectivity index (χ1) is 15.6. The van der Waals surface area contributed by atoms with E-state index in [9.17, 15) is 9.59 Å². The number of benzene rings is 2. The molecule has 0 unspecified atom stereocenters. The van der Waals surface area contributed by atoms with E-state index in [0.717, 1.165) is 52.0 Å². The Morgan fingerprint density at radius 3 is 2.44 bits per heavy atom. The molecule has 0 radical (unpaired) electrons. The van der Waals surface area contributed by atoms with Crippen molar-refractivity contribution in [3.63, 3.8) is 0 Å². The summed E-state index contributed by atoms with van der Waals surface area (Å²) in [6, 6.07) is 17.8. The Balaban J connectivity index is 1.12. The first-order valence-electron chi connectivity index (χ1n) is 11.8. The fraction of sp³-hybridized carbons (Fsp3) is 0.462. The highest BCUT2D eigenvalue weighted by atomic mass is 16.2. The fourth-order valence-electron chi connectivity index (χ4n) is 4.29. The van der Waals surface area contributed by atoms with Gasteiger partial charge in [-0.25, -0.2) is 0 Å². The Labute approximate surface area is 191 Å². The highest BCUT2D eigenvalue weighted by Crippen LogP contribution is 2.38. The molecular weight excluding hydrogens is 400 g/mol. The Morgan fingerprint density at radius 1 is 0.969 bits per heavy atom. The summed E-state index contributed by atoms with van der Waals surface area (Å²) in [5.74, 6) is 0.556. The molecule has 0 bridgehead atoms. The van der Waals surface area contributed by atoms with Crippen LogP contribution in [0.3, 0.4) is 0 Å². The van der Waals surface area contributed by atoms with Gasteiger partial charge in [-0.3, -0.25) is 14.5 Å². The van der Waals surface area contributed by atoms with E-state index in [1.807, 2.05) is 12.1 Å². The molecule has 2 aromatic carbocycles. The minimum absolute atomic E-state index is 0.0552. The molecule has 1 aliphatic heterocycles. The molecule has 6 heteroatoms. The molecule has 170 valence electrons. The number of hydrogen-bond donors (Lipinski definition) is 2. The third-order valence-corrected chi connectivity index (χ3v) is 6.52.